The third kappa shape index (κ3) is 3.90. The monoisotopic (exact) mass is 380 g/mol. The lowest BCUT2D eigenvalue weighted by Gasteiger charge is -2.09. The Bertz CT molecular complexity index is 911. The highest BCUT2D eigenvalue weighted by molar-refractivity contribution is 7.92. The predicted octanol–water partition coefficient (Wildman–Crippen LogP) is 2.44. The summed E-state index contributed by atoms with van der Waals surface area (Å²) in [5.74, 6) is 0. The highest BCUT2D eigenvalue weighted by atomic mass is 35.5. The first-order valence-electron chi connectivity index (χ1n) is 5.70. The third-order valence-electron chi connectivity index (χ3n) is 2.64. The summed E-state index contributed by atoms with van der Waals surface area (Å²) in [5, 5.41) is 5.30. The van der Waals surface area contributed by atoms with Crippen molar-refractivity contribution < 1.29 is 16.8 Å². The lowest BCUT2D eigenvalue weighted by Crippen LogP contribution is -2.14. The van der Waals surface area contributed by atoms with Gasteiger partial charge in [-0.05, 0) is 42.5 Å². The summed E-state index contributed by atoms with van der Waals surface area (Å²) in [6.07, 6.45) is 0. The van der Waals surface area contributed by atoms with Gasteiger partial charge in [-0.1, -0.05) is 23.2 Å². The van der Waals surface area contributed by atoms with Gasteiger partial charge in [0.25, 0.3) is 10.0 Å². The van der Waals surface area contributed by atoms with Crippen molar-refractivity contribution in [2.75, 3.05) is 4.72 Å². The van der Waals surface area contributed by atoms with E-state index < -0.39 is 20.0 Å². The molecule has 3 N–H and O–H groups in total. The minimum absolute atomic E-state index is 0.0718. The SMILES string of the molecule is NS(=O)(=O)c1ccc(NS(=O)(=O)c2ccc(Cl)c(Cl)c2)cc1. The van der Waals surface area contributed by atoms with E-state index in [1.165, 1.54) is 42.5 Å². The van der Waals surface area contributed by atoms with E-state index in [0.717, 1.165) is 0 Å². The second kappa shape index (κ2) is 6.05. The molecule has 0 fully saturated rings. The van der Waals surface area contributed by atoms with E-state index >= 15 is 0 Å². The maximum absolute atomic E-state index is 12.2. The average molecular weight is 381 g/mol. The van der Waals surface area contributed by atoms with Gasteiger partial charge in [-0.25, -0.2) is 22.0 Å². The summed E-state index contributed by atoms with van der Waals surface area (Å²) in [7, 11) is -7.71. The molecule has 0 aromatic heterocycles. The second-order valence-electron chi connectivity index (χ2n) is 4.25. The molecule has 2 aromatic rings. The van der Waals surface area contributed by atoms with Gasteiger partial charge >= 0.3 is 0 Å². The predicted molar refractivity (Wildman–Crippen MR) is 85.1 cm³/mol. The quantitative estimate of drug-likeness (QED) is 0.848. The normalized spacial score (nSPS) is 12.1. The zero-order chi connectivity index (χ0) is 16.5. The lowest BCUT2D eigenvalue weighted by atomic mass is 10.3. The van der Waals surface area contributed by atoms with Crippen LogP contribution in [0.25, 0.3) is 0 Å². The molecule has 22 heavy (non-hydrogen) atoms. The third-order valence-corrected chi connectivity index (χ3v) is 5.68. The molecule has 0 bridgehead atoms. The molecule has 0 spiro atoms. The zero-order valence-electron chi connectivity index (χ0n) is 10.8. The van der Waals surface area contributed by atoms with Gasteiger partial charge in [0.1, 0.15) is 0 Å². The summed E-state index contributed by atoms with van der Waals surface area (Å²) in [4.78, 5) is -0.192. The van der Waals surface area contributed by atoms with Crippen LogP contribution < -0.4 is 9.86 Å². The van der Waals surface area contributed by atoms with Gasteiger partial charge in [0.05, 0.1) is 19.8 Å². The van der Waals surface area contributed by atoms with E-state index in [4.69, 9.17) is 28.3 Å². The second-order valence-corrected chi connectivity index (χ2v) is 8.31. The highest BCUT2D eigenvalue weighted by Gasteiger charge is 2.16. The fraction of sp³-hybridized carbons (Fsp3) is 0. The van der Waals surface area contributed by atoms with E-state index in [-0.39, 0.29) is 25.5 Å². The molecule has 2 rings (SSSR count). The highest BCUT2D eigenvalue weighted by Crippen LogP contribution is 2.26. The Morgan fingerprint density at radius 2 is 1.36 bits per heavy atom. The van der Waals surface area contributed by atoms with Crippen molar-refractivity contribution >= 4 is 48.9 Å². The smallest absolute Gasteiger partial charge is 0.261 e. The number of nitrogens with one attached hydrogen (secondary N) is 1. The lowest BCUT2D eigenvalue weighted by molar-refractivity contribution is 0.597. The van der Waals surface area contributed by atoms with Gasteiger partial charge in [-0.3, -0.25) is 4.72 Å². The van der Waals surface area contributed by atoms with Crippen molar-refractivity contribution in [2.45, 2.75) is 9.79 Å². The van der Waals surface area contributed by atoms with Crippen molar-refractivity contribution in [2.24, 2.45) is 5.14 Å². The number of benzene rings is 2. The molecule has 0 aliphatic rings. The fourth-order valence-electron chi connectivity index (χ4n) is 1.57. The number of anilines is 1. The first kappa shape index (κ1) is 17.0. The minimum Gasteiger partial charge on any atom is -0.280 e. The van der Waals surface area contributed by atoms with Gasteiger partial charge in [-0.15, -0.1) is 0 Å². The maximum atomic E-state index is 12.2. The van der Waals surface area contributed by atoms with Crippen molar-refractivity contribution in [1.29, 1.82) is 0 Å². The van der Waals surface area contributed by atoms with Crippen LogP contribution in [-0.4, -0.2) is 16.8 Å². The average Bonchev–Trinajstić information content (AvgIpc) is 2.41. The van der Waals surface area contributed by atoms with Gasteiger partial charge in [-0.2, -0.15) is 0 Å². The molecule has 0 unspecified atom stereocenters. The number of primary sulfonamides is 1. The Hall–Kier alpha value is -1.32. The molecule has 0 saturated carbocycles. The molecular formula is C12H10Cl2N2O4S2. The molecule has 118 valence electrons. The molecule has 0 aliphatic heterocycles. The van der Waals surface area contributed by atoms with Gasteiger partial charge in [0.2, 0.25) is 10.0 Å². The van der Waals surface area contributed by atoms with Crippen LogP contribution >= 0.6 is 23.2 Å². The number of hydrogen-bond donors (Lipinski definition) is 2. The van der Waals surface area contributed by atoms with Crippen LogP contribution in [0, 0.1) is 0 Å². The van der Waals surface area contributed by atoms with Crippen molar-refractivity contribution in [3.8, 4) is 0 Å². The van der Waals surface area contributed by atoms with Crippen molar-refractivity contribution in [1.82, 2.24) is 0 Å². The van der Waals surface area contributed by atoms with Crippen LogP contribution in [0.2, 0.25) is 10.0 Å². The van der Waals surface area contributed by atoms with Crippen LogP contribution in [0.3, 0.4) is 0 Å². The number of sulfonamides is 2. The molecule has 0 aliphatic carbocycles. The van der Waals surface area contributed by atoms with Crippen LogP contribution in [0.1, 0.15) is 0 Å². The Morgan fingerprint density at radius 3 is 1.86 bits per heavy atom. The zero-order valence-corrected chi connectivity index (χ0v) is 14.0. The number of hydrogen-bond acceptors (Lipinski definition) is 4. The first-order chi connectivity index (χ1) is 10.1. The molecule has 0 saturated heterocycles. The van der Waals surface area contributed by atoms with E-state index in [1.807, 2.05) is 0 Å². The number of nitrogens with two attached hydrogens (primary N) is 1. The largest absolute Gasteiger partial charge is 0.280 e. The topological polar surface area (TPSA) is 106 Å². The Kier molecular flexibility index (Phi) is 4.69. The molecule has 6 nitrogen and oxygen atoms in total. The molecule has 2 aromatic carbocycles. The summed E-state index contributed by atoms with van der Waals surface area (Å²) in [5.41, 5.74) is 0.179. The molecule has 10 heteroatoms. The van der Waals surface area contributed by atoms with Crippen LogP contribution in [0.4, 0.5) is 5.69 Å². The van der Waals surface area contributed by atoms with Gasteiger partial charge < -0.3 is 0 Å². The molecule has 0 atom stereocenters. The van der Waals surface area contributed by atoms with E-state index in [1.54, 1.807) is 0 Å². The number of rotatable bonds is 4. The summed E-state index contributed by atoms with van der Waals surface area (Å²) >= 11 is 11.5. The summed E-state index contributed by atoms with van der Waals surface area (Å²) < 4.78 is 48.9. The Balaban J connectivity index is 2.30. The van der Waals surface area contributed by atoms with Crippen molar-refractivity contribution in [3.63, 3.8) is 0 Å². The number of halogens is 2. The maximum Gasteiger partial charge on any atom is 0.261 e. The van der Waals surface area contributed by atoms with Gasteiger partial charge in [0, 0.05) is 5.69 Å². The van der Waals surface area contributed by atoms with E-state index in [2.05, 4.69) is 4.72 Å². The van der Waals surface area contributed by atoms with Crippen LogP contribution in [0.5, 0.6) is 0 Å². The Morgan fingerprint density at radius 1 is 0.818 bits per heavy atom. The first-order valence-corrected chi connectivity index (χ1v) is 9.49. The van der Waals surface area contributed by atoms with E-state index in [0.29, 0.717) is 0 Å². The van der Waals surface area contributed by atoms with Crippen LogP contribution in [0.15, 0.2) is 52.3 Å². The molecule has 0 radical (unpaired) electrons. The minimum atomic E-state index is -3.87. The van der Waals surface area contributed by atoms with Gasteiger partial charge in [0.15, 0.2) is 0 Å². The Labute approximate surface area is 138 Å². The fourth-order valence-corrected chi connectivity index (χ4v) is 3.53. The van der Waals surface area contributed by atoms with E-state index in [9.17, 15) is 16.8 Å². The standard InChI is InChI=1S/C12H10Cl2N2O4S2/c13-11-6-5-10(7-12(11)14)22(19,20)16-8-1-3-9(4-2-8)21(15,17)18/h1-7,16H,(H2,15,17,18). The summed E-state index contributed by atoms with van der Waals surface area (Å²) in [6, 6.07) is 8.84. The van der Waals surface area contributed by atoms with Crippen molar-refractivity contribution in [3.05, 3.63) is 52.5 Å². The molecular weight excluding hydrogens is 371 g/mol. The molecule has 0 amide bonds. The van der Waals surface area contributed by atoms with Crippen LogP contribution in [-0.2, 0) is 20.0 Å². The molecule has 0 heterocycles. The summed E-state index contributed by atoms with van der Waals surface area (Å²) in [6.45, 7) is 0.